The van der Waals surface area contributed by atoms with E-state index in [-0.39, 0.29) is 0 Å². The van der Waals surface area contributed by atoms with Gasteiger partial charge in [0.15, 0.2) is 11.6 Å². The van der Waals surface area contributed by atoms with Crippen LogP contribution < -0.4 is 5.32 Å². The average Bonchev–Trinajstić information content (AvgIpc) is 3.32. The van der Waals surface area contributed by atoms with Crippen molar-refractivity contribution in [1.82, 2.24) is 14.9 Å². The van der Waals surface area contributed by atoms with E-state index in [4.69, 9.17) is 4.52 Å². The van der Waals surface area contributed by atoms with Crippen molar-refractivity contribution in [2.75, 3.05) is 5.32 Å². The fourth-order valence-electron chi connectivity index (χ4n) is 3.48. The summed E-state index contributed by atoms with van der Waals surface area (Å²) in [6.45, 7) is 0.583. The van der Waals surface area contributed by atoms with Crippen LogP contribution in [0.15, 0.2) is 41.1 Å². The third-order valence-corrected chi connectivity index (χ3v) is 4.87. The highest BCUT2D eigenvalue weighted by atomic mass is 19.1. The van der Waals surface area contributed by atoms with Crippen LogP contribution >= 0.6 is 0 Å². The van der Waals surface area contributed by atoms with E-state index in [1.54, 1.807) is 12.1 Å². The number of hydrogen-bond acceptors (Lipinski definition) is 5. The Bertz CT molecular complexity index is 883. The van der Waals surface area contributed by atoms with Crippen LogP contribution in [0.2, 0.25) is 0 Å². The number of benzene rings is 1. The Morgan fingerprint density at radius 2 is 2.04 bits per heavy atom. The normalized spacial score (nSPS) is 15.3. The van der Waals surface area contributed by atoms with Gasteiger partial charge in [-0.05, 0) is 37.1 Å². The molecule has 0 saturated heterocycles. The second kappa shape index (κ2) is 7.19. The molecule has 1 aliphatic carbocycles. The number of anilines is 1. The molecule has 1 aliphatic rings. The number of nitrogens with zero attached hydrogens (tertiary/aromatic N) is 3. The van der Waals surface area contributed by atoms with Crippen LogP contribution in [0.4, 0.5) is 10.3 Å². The van der Waals surface area contributed by atoms with Gasteiger partial charge in [0.2, 0.25) is 5.88 Å². The van der Waals surface area contributed by atoms with Gasteiger partial charge in [0.1, 0.15) is 5.69 Å². The molecule has 2 N–H and O–H groups in total. The predicted octanol–water partition coefficient (Wildman–Crippen LogP) is 4.50. The smallest absolute Gasteiger partial charge is 0.225 e. The number of aromatic hydroxyl groups is 1. The molecular formula is C19H21FN4O2. The zero-order chi connectivity index (χ0) is 17.9. The second-order valence-electron chi connectivity index (χ2n) is 6.66. The third-order valence-electron chi connectivity index (χ3n) is 4.87. The number of aromatic nitrogens is 3. The minimum Gasteiger partial charge on any atom is -0.505 e. The predicted molar refractivity (Wildman–Crippen MR) is 95.2 cm³/mol. The van der Waals surface area contributed by atoms with Gasteiger partial charge in [-0.2, -0.15) is 5.10 Å². The van der Waals surface area contributed by atoms with Gasteiger partial charge in [-0.1, -0.05) is 24.4 Å². The maximum atomic E-state index is 13.2. The summed E-state index contributed by atoms with van der Waals surface area (Å²) in [6, 6.07) is 8.30. The molecule has 0 radical (unpaired) electrons. The Labute approximate surface area is 150 Å². The number of hydrogen-bond donors (Lipinski definition) is 2. The molecule has 1 aromatic carbocycles. The monoisotopic (exact) mass is 356 g/mol. The molecule has 4 rings (SSSR count). The molecule has 0 bridgehead atoms. The molecule has 26 heavy (non-hydrogen) atoms. The second-order valence-corrected chi connectivity index (χ2v) is 6.66. The Balaban J connectivity index is 1.44. The standard InChI is InChI=1S/C19H21FN4O2/c20-16-7-6-13(10-18(16)25)17-11-19(26-23-17)21-12-15-8-9-22-24(15)14-4-2-1-3-5-14/h6-11,14,21,25H,1-5,12H2. The number of halogens is 1. The molecule has 0 atom stereocenters. The van der Waals surface area contributed by atoms with E-state index in [1.165, 1.54) is 44.2 Å². The zero-order valence-electron chi connectivity index (χ0n) is 14.4. The number of nitrogens with one attached hydrogen (secondary N) is 1. The zero-order valence-corrected chi connectivity index (χ0v) is 14.4. The van der Waals surface area contributed by atoms with Crippen molar-refractivity contribution in [3.8, 4) is 17.0 Å². The number of phenols is 1. The summed E-state index contributed by atoms with van der Waals surface area (Å²) in [5.74, 6) is -0.553. The topological polar surface area (TPSA) is 76.1 Å². The maximum Gasteiger partial charge on any atom is 0.225 e. The Morgan fingerprint density at radius 1 is 1.19 bits per heavy atom. The van der Waals surface area contributed by atoms with E-state index in [2.05, 4.69) is 20.3 Å². The fraction of sp³-hybridized carbons (Fsp3) is 0.368. The van der Waals surface area contributed by atoms with Gasteiger partial charge in [-0.3, -0.25) is 4.68 Å². The summed E-state index contributed by atoms with van der Waals surface area (Å²) < 4.78 is 20.6. The van der Waals surface area contributed by atoms with Crippen LogP contribution in [-0.2, 0) is 6.54 Å². The van der Waals surface area contributed by atoms with Crippen LogP contribution in [0.3, 0.4) is 0 Å². The quantitative estimate of drug-likeness (QED) is 0.704. The highest BCUT2D eigenvalue weighted by Gasteiger charge is 2.18. The van der Waals surface area contributed by atoms with E-state index in [1.807, 2.05) is 12.3 Å². The first kappa shape index (κ1) is 16.6. The van der Waals surface area contributed by atoms with Gasteiger partial charge in [0.25, 0.3) is 0 Å². The average molecular weight is 356 g/mol. The van der Waals surface area contributed by atoms with Gasteiger partial charge >= 0.3 is 0 Å². The first-order valence-electron chi connectivity index (χ1n) is 8.92. The van der Waals surface area contributed by atoms with Crippen LogP contribution in [0, 0.1) is 5.82 Å². The van der Waals surface area contributed by atoms with Crippen molar-refractivity contribution in [2.24, 2.45) is 0 Å². The van der Waals surface area contributed by atoms with Gasteiger partial charge in [0.05, 0.1) is 18.3 Å². The summed E-state index contributed by atoms with van der Waals surface area (Å²) in [4.78, 5) is 0. The summed E-state index contributed by atoms with van der Waals surface area (Å²) in [7, 11) is 0. The molecule has 7 heteroatoms. The molecule has 136 valence electrons. The summed E-state index contributed by atoms with van der Waals surface area (Å²) >= 11 is 0. The molecule has 1 fully saturated rings. The van der Waals surface area contributed by atoms with Crippen molar-refractivity contribution in [3.05, 3.63) is 48.0 Å². The van der Waals surface area contributed by atoms with Crippen molar-refractivity contribution >= 4 is 5.88 Å². The third kappa shape index (κ3) is 3.42. The van der Waals surface area contributed by atoms with Gasteiger partial charge in [-0.15, -0.1) is 0 Å². The highest BCUT2D eigenvalue weighted by Crippen LogP contribution is 2.29. The van der Waals surface area contributed by atoms with E-state index >= 15 is 0 Å². The largest absolute Gasteiger partial charge is 0.505 e. The lowest BCUT2D eigenvalue weighted by Crippen LogP contribution is -2.17. The van der Waals surface area contributed by atoms with E-state index in [0.29, 0.717) is 29.7 Å². The lowest BCUT2D eigenvalue weighted by molar-refractivity contribution is 0.322. The first-order valence-corrected chi connectivity index (χ1v) is 8.92. The van der Waals surface area contributed by atoms with Crippen molar-refractivity contribution in [2.45, 2.75) is 44.7 Å². The molecule has 0 aliphatic heterocycles. The minimum atomic E-state index is -0.661. The van der Waals surface area contributed by atoms with E-state index in [9.17, 15) is 9.50 Å². The SMILES string of the molecule is Oc1cc(-c2cc(NCc3ccnn3C3CCCCC3)on2)ccc1F. The van der Waals surface area contributed by atoms with Gasteiger partial charge in [-0.25, -0.2) is 4.39 Å². The molecule has 6 nitrogen and oxygen atoms in total. The molecule has 0 spiro atoms. The lowest BCUT2D eigenvalue weighted by atomic mass is 9.95. The van der Waals surface area contributed by atoms with Crippen molar-refractivity contribution in [1.29, 1.82) is 0 Å². The van der Waals surface area contributed by atoms with Crippen molar-refractivity contribution < 1.29 is 14.0 Å². The molecular weight excluding hydrogens is 335 g/mol. The molecule has 2 aromatic heterocycles. The maximum absolute atomic E-state index is 13.2. The Morgan fingerprint density at radius 3 is 2.85 bits per heavy atom. The fourth-order valence-corrected chi connectivity index (χ4v) is 3.48. The van der Waals surface area contributed by atoms with Crippen LogP contribution in [0.25, 0.3) is 11.3 Å². The van der Waals surface area contributed by atoms with Crippen LogP contribution in [-0.4, -0.2) is 20.0 Å². The van der Waals surface area contributed by atoms with E-state index in [0.717, 1.165) is 5.69 Å². The van der Waals surface area contributed by atoms with E-state index < -0.39 is 11.6 Å². The Kier molecular flexibility index (Phi) is 4.60. The Hall–Kier alpha value is -2.83. The van der Waals surface area contributed by atoms with Gasteiger partial charge in [0, 0.05) is 17.8 Å². The van der Waals surface area contributed by atoms with Crippen LogP contribution in [0.5, 0.6) is 5.75 Å². The summed E-state index contributed by atoms with van der Waals surface area (Å²) in [5.41, 5.74) is 2.23. The molecule has 0 amide bonds. The van der Waals surface area contributed by atoms with Crippen LogP contribution in [0.1, 0.15) is 43.8 Å². The minimum absolute atomic E-state index is 0.406. The first-order chi connectivity index (χ1) is 12.7. The van der Waals surface area contributed by atoms with Crippen molar-refractivity contribution in [3.63, 3.8) is 0 Å². The summed E-state index contributed by atoms with van der Waals surface area (Å²) in [5, 5.41) is 21.2. The lowest BCUT2D eigenvalue weighted by Gasteiger charge is -2.24. The molecule has 3 aromatic rings. The number of phenolic OH excluding ortho intramolecular Hbond substituents is 1. The molecule has 1 saturated carbocycles. The highest BCUT2D eigenvalue weighted by molar-refractivity contribution is 5.63. The molecule has 0 unspecified atom stereocenters. The molecule has 2 heterocycles. The van der Waals surface area contributed by atoms with Gasteiger partial charge < -0.3 is 14.9 Å². The summed E-state index contributed by atoms with van der Waals surface area (Å²) in [6.07, 6.45) is 8.01. The number of rotatable bonds is 5.